The molecule has 1 aromatic heterocycles. The number of hydrogen-bond donors (Lipinski definition) is 0. The summed E-state index contributed by atoms with van der Waals surface area (Å²) in [7, 11) is 0. The van der Waals surface area contributed by atoms with Gasteiger partial charge in [0.15, 0.2) is 5.82 Å². The first kappa shape index (κ1) is 14.4. The van der Waals surface area contributed by atoms with E-state index in [0.29, 0.717) is 15.7 Å². The normalized spacial score (nSPS) is 11.1. The van der Waals surface area contributed by atoms with Crippen LogP contribution in [0.5, 0.6) is 0 Å². The molecule has 0 spiro atoms. The average molecular weight is 366 g/mol. The molecule has 0 atom stereocenters. The van der Waals surface area contributed by atoms with Crippen molar-refractivity contribution in [2.24, 2.45) is 0 Å². The first-order chi connectivity index (χ1) is 9.97. The van der Waals surface area contributed by atoms with Crippen LogP contribution in [0.25, 0.3) is 22.3 Å². The second kappa shape index (κ2) is 5.35. The Balaban J connectivity index is 2.30. The molecule has 2 nitrogen and oxygen atoms in total. The molecule has 0 fully saturated rings. The lowest BCUT2D eigenvalue weighted by Crippen LogP contribution is -1.95. The Bertz CT molecular complexity index is 865. The highest BCUT2D eigenvalue weighted by Gasteiger charge is 2.14. The summed E-state index contributed by atoms with van der Waals surface area (Å²) in [6, 6.07) is 8.84. The van der Waals surface area contributed by atoms with Gasteiger partial charge < -0.3 is 0 Å². The standard InChI is InChI=1S/C16H11BrClFN2/c1-8-3-4-10(7-9(8)2)16-20-14-12(19)6-5-11(17)13(14)15(18)21-16/h3-7H,1-2H3. The Labute approximate surface area is 135 Å². The van der Waals surface area contributed by atoms with Gasteiger partial charge in [-0.3, -0.25) is 0 Å². The average Bonchev–Trinajstić information content (AvgIpc) is 2.45. The number of aryl methyl sites for hydroxylation is 2. The predicted molar refractivity (Wildman–Crippen MR) is 87.1 cm³/mol. The van der Waals surface area contributed by atoms with E-state index in [0.717, 1.165) is 11.1 Å². The second-order valence-corrected chi connectivity index (χ2v) is 6.10. The van der Waals surface area contributed by atoms with Crippen LogP contribution in [-0.4, -0.2) is 9.97 Å². The molecule has 0 saturated carbocycles. The van der Waals surface area contributed by atoms with Gasteiger partial charge in [0.2, 0.25) is 0 Å². The molecule has 0 aliphatic rings. The lowest BCUT2D eigenvalue weighted by Gasteiger charge is -2.08. The van der Waals surface area contributed by atoms with Gasteiger partial charge in [0.05, 0.1) is 5.39 Å². The SMILES string of the molecule is Cc1ccc(-c2nc(Cl)c3c(Br)ccc(F)c3n2)cc1C. The van der Waals surface area contributed by atoms with Crippen molar-refractivity contribution < 1.29 is 4.39 Å². The summed E-state index contributed by atoms with van der Waals surface area (Å²) in [5.41, 5.74) is 3.35. The highest BCUT2D eigenvalue weighted by Crippen LogP contribution is 2.32. The van der Waals surface area contributed by atoms with Gasteiger partial charge in [-0.15, -0.1) is 0 Å². The molecule has 0 radical (unpaired) electrons. The molecule has 5 heteroatoms. The molecule has 0 amide bonds. The Morgan fingerprint density at radius 3 is 2.52 bits per heavy atom. The minimum absolute atomic E-state index is 0.220. The van der Waals surface area contributed by atoms with E-state index < -0.39 is 5.82 Å². The van der Waals surface area contributed by atoms with Crippen molar-refractivity contribution in [2.75, 3.05) is 0 Å². The van der Waals surface area contributed by atoms with E-state index in [1.807, 2.05) is 32.0 Å². The van der Waals surface area contributed by atoms with Gasteiger partial charge in [0.25, 0.3) is 0 Å². The first-order valence-electron chi connectivity index (χ1n) is 6.36. The van der Waals surface area contributed by atoms with Crippen molar-refractivity contribution in [2.45, 2.75) is 13.8 Å². The summed E-state index contributed by atoms with van der Waals surface area (Å²) >= 11 is 9.57. The maximum absolute atomic E-state index is 14.0. The van der Waals surface area contributed by atoms with Crippen molar-refractivity contribution in [1.29, 1.82) is 0 Å². The fourth-order valence-electron chi connectivity index (χ4n) is 2.14. The van der Waals surface area contributed by atoms with Crippen molar-refractivity contribution in [3.63, 3.8) is 0 Å². The number of fused-ring (bicyclic) bond motifs is 1. The van der Waals surface area contributed by atoms with E-state index in [9.17, 15) is 4.39 Å². The summed E-state index contributed by atoms with van der Waals surface area (Å²) in [5, 5.41) is 0.726. The van der Waals surface area contributed by atoms with Crippen LogP contribution in [0.4, 0.5) is 4.39 Å². The molecule has 2 aromatic carbocycles. The van der Waals surface area contributed by atoms with Crippen LogP contribution < -0.4 is 0 Å². The van der Waals surface area contributed by atoms with Gasteiger partial charge in [0, 0.05) is 10.0 Å². The topological polar surface area (TPSA) is 25.8 Å². The number of nitrogens with zero attached hydrogens (tertiary/aromatic N) is 2. The minimum atomic E-state index is -0.414. The first-order valence-corrected chi connectivity index (χ1v) is 7.53. The molecular weight excluding hydrogens is 355 g/mol. The highest BCUT2D eigenvalue weighted by molar-refractivity contribution is 9.10. The third-order valence-corrected chi connectivity index (χ3v) is 4.41. The zero-order chi connectivity index (χ0) is 15.1. The molecule has 0 aliphatic heterocycles. The van der Waals surface area contributed by atoms with E-state index in [-0.39, 0.29) is 10.7 Å². The van der Waals surface area contributed by atoms with E-state index in [1.54, 1.807) is 6.07 Å². The van der Waals surface area contributed by atoms with E-state index in [1.165, 1.54) is 11.6 Å². The van der Waals surface area contributed by atoms with Gasteiger partial charge in [-0.1, -0.05) is 23.7 Å². The van der Waals surface area contributed by atoms with E-state index in [4.69, 9.17) is 11.6 Å². The Morgan fingerprint density at radius 2 is 1.81 bits per heavy atom. The molecule has 106 valence electrons. The maximum atomic E-state index is 14.0. The summed E-state index contributed by atoms with van der Waals surface area (Å²) in [6.07, 6.45) is 0. The second-order valence-electron chi connectivity index (χ2n) is 4.89. The zero-order valence-electron chi connectivity index (χ0n) is 11.4. The Kier molecular flexibility index (Phi) is 3.68. The number of rotatable bonds is 1. The fraction of sp³-hybridized carbons (Fsp3) is 0.125. The van der Waals surface area contributed by atoms with Gasteiger partial charge in [0.1, 0.15) is 16.5 Å². The number of hydrogen-bond acceptors (Lipinski definition) is 2. The number of aromatic nitrogens is 2. The highest BCUT2D eigenvalue weighted by atomic mass is 79.9. The summed E-state index contributed by atoms with van der Waals surface area (Å²) < 4.78 is 14.7. The molecule has 1 heterocycles. The molecule has 0 aliphatic carbocycles. The van der Waals surface area contributed by atoms with Crippen LogP contribution in [0.15, 0.2) is 34.8 Å². The number of halogens is 3. The third kappa shape index (κ3) is 2.54. The predicted octanol–water partition coefficient (Wildman–Crippen LogP) is 5.47. The van der Waals surface area contributed by atoms with Crippen LogP contribution in [-0.2, 0) is 0 Å². The molecule has 0 unspecified atom stereocenters. The molecule has 3 aromatic rings. The summed E-state index contributed by atoms with van der Waals surface area (Å²) in [4.78, 5) is 8.64. The quantitative estimate of drug-likeness (QED) is 0.534. The summed E-state index contributed by atoms with van der Waals surface area (Å²) in [5.74, 6) is 0.00943. The Hall–Kier alpha value is -1.52. The monoisotopic (exact) mass is 364 g/mol. The van der Waals surface area contributed by atoms with Crippen molar-refractivity contribution in [1.82, 2.24) is 9.97 Å². The molecule has 0 saturated heterocycles. The van der Waals surface area contributed by atoms with Gasteiger partial charge >= 0.3 is 0 Å². The molecule has 0 N–H and O–H groups in total. The fourth-order valence-corrected chi connectivity index (χ4v) is 3.03. The molecular formula is C16H11BrClFN2. The van der Waals surface area contributed by atoms with E-state index >= 15 is 0 Å². The maximum Gasteiger partial charge on any atom is 0.161 e. The lowest BCUT2D eigenvalue weighted by molar-refractivity contribution is 0.636. The molecule has 3 rings (SSSR count). The van der Waals surface area contributed by atoms with Gasteiger partial charge in [-0.25, -0.2) is 14.4 Å². The zero-order valence-corrected chi connectivity index (χ0v) is 13.8. The Morgan fingerprint density at radius 1 is 1.05 bits per heavy atom. The van der Waals surface area contributed by atoms with Gasteiger partial charge in [-0.2, -0.15) is 0 Å². The molecule has 0 bridgehead atoms. The van der Waals surface area contributed by atoms with Crippen LogP contribution in [0.2, 0.25) is 5.15 Å². The number of benzene rings is 2. The van der Waals surface area contributed by atoms with Gasteiger partial charge in [-0.05, 0) is 59.1 Å². The van der Waals surface area contributed by atoms with Crippen LogP contribution in [0.3, 0.4) is 0 Å². The van der Waals surface area contributed by atoms with E-state index in [2.05, 4.69) is 25.9 Å². The lowest BCUT2D eigenvalue weighted by atomic mass is 10.1. The molecule has 21 heavy (non-hydrogen) atoms. The van der Waals surface area contributed by atoms with Crippen LogP contribution in [0.1, 0.15) is 11.1 Å². The summed E-state index contributed by atoms with van der Waals surface area (Å²) in [6.45, 7) is 4.04. The van der Waals surface area contributed by atoms with Crippen molar-refractivity contribution >= 4 is 38.4 Å². The largest absolute Gasteiger partial charge is 0.225 e. The van der Waals surface area contributed by atoms with Crippen molar-refractivity contribution in [3.8, 4) is 11.4 Å². The van der Waals surface area contributed by atoms with Crippen LogP contribution >= 0.6 is 27.5 Å². The van der Waals surface area contributed by atoms with Crippen LogP contribution in [0, 0.1) is 19.7 Å². The third-order valence-electron chi connectivity index (χ3n) is 3.47. The minimum Gasteiger partial charge on any atom is -0.225 e. The smallest absolute Gasteiger partial charge is 0.161 e. The van der Waals surface area contributed by atoms with Crippen molar-refractivity contribution in [3.05, 3.63) is 56.9 Å².